The third-order valence-electron chi connectivity index (χ3n) is 4.65. The SMILES string of the molecule is COc1ccc(S(=O)(=O)C(F)(F)F)cc1NC(=O)COc1ccc(N2CCCC2=O)cc1. The van der Waals surface area contributed by atoms with Crippen LogP contribution in [0.5, 0.6) is 11.5 Å². The summed E-state index contributed by atoms with van der Waals surface area (Å²) < 4.78 is 72.0. The number of halogens is 3. The predicted molar refractivity (Wildman–Crippen MR) is 108 cm³/mol. The lowest BCUT2D eigenvalue weighted by molar-refractivity contribution is -0.118. The van der Waals surface area contributed by atoms with E-state index in [1.165, 1.54) is 7.11 Å². The van der Waals surface area contributed by atoms with Gasteiger partial charge in [-0.2, -0.15) is 13.2 Å². The quantitative estimate of drug-likeness (QED) is 0.665. The van der Waals surface area contributed by atoms with Crippen LogP contribution in [-0.2, 0) is 19.4 Å². The molecule has 32 heavy (non-hydrogen) atoms. The summed E-state index contributed by atoms with van der Waals surface area (Å²) in [6.07, 6.45) is 1.28. The second-order valence-corrected chi connectivity index (χ2v) is 8.73. The van der Waals surface area contributed by atoms with Crippen LogP contribution in [0, 0.1) is 0 Å². The molecule has 0 atom stereocenters. The number of amides is 2. The van der Waals surface area contributed by atoms with E-state index in [2.05, 4.69) is 5.32 Å². The fraction of sp³-hybridized carbons (Fsp3) is 0.300. The Morgan fingerprint density at radius 3 is 2.41 bits per heavy atom. The Labute approximate surface area is 181 Å². The van der Waals surface area contributed by atoms with Crippen molar-refractivity contribution >= 4 is 33.0 Å². The zero-order valence-electron chi connectivity index (χ0n) is 16.8. The lowest BCUT2D eigenvalue weighted by atomic mass is 10.3. The predicted octanol–water partition coefficient (Wildman–Crippen LogP) is 3.13. The van der Waals surface area contributed by atoms with Gasteiger partial charge in [0.1, 0.15) is 11.5 Å². The van der Waals surface area contributed by atoms with Crippen molar-refractivity contribution in [2.75, 3.05) is 30.5 Å². The molecule has 3 rings (SSSR count). The number of hydrogen-bond acceptors (Lipinski definition) is 6. The smallest absolute Gasteiger partial charge is 0.495 e. The van der Waals surface area contributed by atoms with Gasteiger partial charge >= 0.3 is 5.51 Å². The van der Waals surface area contributed by atoms with Gasteiger partial charge in [-0.15, -0.1) is 0 Å². The van der Waals surface area contributed by atoms with Gasteiger partial charge in [0, 0.05) is 18.7 Å². The van der Waals surface area contributed by atoms with Crippen LogP contribution in [0.2, 0.25) is 0 Å². The highest BCUT2D eigenvalue weighted by Gasteiger charge is 2.47. The molecule has 1 heterocycles. The van der Waals surface area contributed by atoms with Crippen molar-refractivity contribution in [3.05, 3.63) is 42.5 Å². The highest BCUT2D eigenvalue weighted by Crippen LogP contribution is 2.34. The highest BCUT2D eigenvalue weighted by molar-refractivity contribution is 7.92. The van der Waals surface area contributed by atoms with Crippen LogP contribution in [0.3, 0.4) is 0 Å². The minimum Gasteiger partial charge on any atom is -0.495 e. The second kappa shape index (κ2) is 9.07. The number of nitrogens with zero attached hydrogens (tertiary/aromatic N) is 1. The van der Waals surface area contributed by atoms with E-state index >= 15 is 0 Å². The molecule has 0 unspecified atom stereocenters. The molecule has 2 amide bonds. The van der Waals surface area contributed by atoms with Crippen LogP contribution in [-0.4, -0.2) is 46.0 Å². The summed E-state index contributed by atoms with van der Waals surface area (Å²) in [4.78, 5) is 24.6. The summed E-state index contributed by atoms with van der Waals surface area (Å²) in [5.41, 5.74) is -5.04. The van der Waals surface area contributed by atoms with Crippen molar-refractivity contribution in [2.24, 2.45) is 0 Å². The van der Waals surface area contributed by atoms with E-state index in [1.807, 2.05) is 0 Å². The topological polar surface area (TPSA) is 102 Å². The zero-order chi connectivity index (χ0) is 23.5. The second-order valence-electron chi connectivity index (χ2n) is 6.79. The average Bonchev–Trinajstić information content (AvgIpc) is 3.17. The van der Waals surface area contributed by atoms with Gasteiger partial charge in [-0.25, -0.2) is 8.42 Å². The molecule has 8 nitrogen and oxygen atoms in total. The minimum atomic E-state index is -5.60. The molecule has 0 spiro atoms. The van der Waals surface area contributed by atoms with Crippen molar-refractivity contribution in [1.29, 1.82) is 0 Å². The van der Waals surface area contributed by atoms with Crippen molar-refractivity contribution in [1.82, 2.24) is 0 Å². The van der Waals surface area contributed by atoms with Gasteiger partial charge in [0.25, 0.3) is 15.7 Å². The molecule has 172 valence electrons. The molecule has 2 aromatic carbocycles. The van der Waals surface area contributed by atoms with Gasteiger partial charge < -0.3 is 19.7 Å². The first-order chi connectivity index (χ1) is 15.0. The molecule has 1 N–H and O–H groups in total. The van der Waals surface area contributed by atoms with Gasteiger partial charge in [0.15, 0.2) is 6.61 Å². The molecule has 0 bridgehead atoms. The lowest BCUT2D eigenvalue weighted by Gasteiger charge is -2.16. The first-order valence-electron chi connectivity index (χ1n) is 9.35. The molecule has 0 saturated carbocycles. The molecule has 2 aromatic rings. The molecule has 0 radical (unpaired) electrons. The molecule has 1 aliphatic heterocycles. The van der Waals surface area contributed by atoms with Crippen molar-refractivity contribution < 1.29 is 40.7 Å². The molecule has 1 fully saturated rings. The van der Waals surface area contributed by atoms with Crippen LogP contribution in [0.1, 0.15) is 12.8 Å². The van der Waals surface area contributed by atoms with Crippen LogP contribution in [0.15, 0.2) is 47.4 Å². The summed E-state index contributed by atoms with van der Waals surface area (Å²) in [6.45, 7) is 0.133. The molecular formula is C20H19F3N2O6S. The van der Waals surface area contributed by atoms with Gasteiger partial charge in [0.05, 0.1) is 17.7 Å². The normalized spacial score (nSPS) is 14.4. The number of sulfone groups is 1. The van der Waals surface area contributed by atoms with E-state index in [1.54, 1.807) is 29.2 Å². The number of nitrogens with one attached hydrogen (secondary N) is 1. The van der Waals surface area contributed by atoms with Gasteiger partial charge in [-0.3, -0.25) is 9.59 Å². The molecule has 0 aliphatic carbocycles. The minimum absolute atomic E-state index is 0.0286. The lowest BCUT2D eigenvalue weighted by Crippen LogP contribution is -2.24. The fourth-order valence-electron chi connectivity index (χ4n) is 3.06. The number of alkyl halides is 3. The van der Waals surface area contributed by atoms with E-state index in [9.17, 15) is 31.2 Å². The molecular weight excluding hydrogens is 453 g/mol. The highest BCUT2D eigenvalue weighted by atomic mass is 32.2. The number of ether oxygens (including phenoxy) is 2. The van der Waals surface area contributed by atoms with E-state index in [4.69, 9.17) is 9.47 Å². The van der Waals surface area contributed by atoms with Gasteiger partial charge in [-0.05, 0) is 48.9 Å². The van der Waals surface area contributed by atoms with Crippen molar-refractivity contribution in [3.63, 3.8) is 0 Å². The number of hydrogen-bond donors (Lipinski definition) is 1. The van der Waals surface area contributed by atoms with E-state index in [0.29, 0.717) is 30.5 Å². The van der Waals surface area contributed by atoms with Crippen LogP contribution < -0.4 is 19.7 Å². The van der Waals surface area contributed by atoms with Crippen molar-refractivity contribution in [3.8, 4) is 11.5 Å². The third kappa shape index (κ3) is 4.96. The van der Waals surface area contributed by atoms with E-state index < -0.39 is 32.8 Å². The summed E-state index contributed by atoms with van der Waals surface area (Å²) in [5, 5.41) is 2.28. The Morgan fingerprint density at radius 1 is 1.16 bits per heavy atom. The Balaban J connectivity index is 1.67. The van der Waals surface area contributed by atoms with Gasteiger partial charge in [-0.1, -0.05) is 0 Å². The fourth-order valence-corrected chi connectivity index (χ4v) is 3.85. The maximum Gasteiger partial charge on any atom is 0.501 e. The van der Waals surface area contributed by atoms with Crippen LogP contribution >= 0.6 is 0 Å². The standard InChI is InChI=1S/C20H19F3N2O6S/c1-30-17-9-8-15(32(28,29)20(21,22)23)11-16(17)24-18(26)12-31-14-6-4-13(5-7-14)25-10-2-3-19(25)27/h4-9,11H,2-3,10,12H2,1H3,(H,24,26). The maximum absolute atomic E-state index is 12.8. The summed E-state index contributed by atoms with van der Waals surface area (Å²) in [7, 11) is -4.38. The molecule has 0 aromatic heterocycles. The monoisotopic (exact) mass is 472 g/mol. The van der Waals surface area contributed by atoms with E-state index in [-0.39, 0.29) is 17.3 Å². The summed E-state index contributed by atoms with van der Waals surface area (Å²) in [5.74, 6) is -0.416. The average molecular weight is 472 g/mol. The number of anilines is 2. The number of carbonyl (C=O) groups is 2. The number of carbonyl (C=O) groups excluding carboxylic acids is 2. The number of methoxy groups -OCH3 is 1. The van der Waals surface area contributed by atoms with Crippen LogP contribution in [0.4, 0.5) is 24.5 Å². The molecule has 1 aliphatic rings. The third-order valence-corrected chi connectivity index (χ3v) is 6.14. The zero-order valence-corrected chi connectivity index (χ0v) is 17.6. The Hall–Kier alpha value is -3.28. The number of benzene rings is 2. The summed E-state index contributed by atoms with van der Waals surface area (Å²) >= 11 is 0. The Morgan fingerprint density at radius 2 is 1.84 bits per heavy atom. The van der Waals surface area contributed by atoms with E-state index in [0.717, 1.165) is 18.6 Å². The largest absolute Gasteiger partial charge is 0.501 e. The van der Waals surface area contributed by atoms with Crippen molar-refractivity contribution in [2.45, 2.75) is 23.2 Å². The molecule has 1 saturated heterocycles. The summed E-state index contributed by atoms with van der Waals surface area (Å²) in [6, 6.07) is 8.90. The maximum atomic E-state index is 12.8. The molecule has 12 heteroatoms. The Bertz CT molecular complexity index is 1120. The van der Waals surface area contributed by atoms with Gasteiger partial charge in [0.2, 0.25) is 5.91 Å². The van der Waals surface area contributed by atoms with Crippen LogP contribution in [0.25, 0.3) is 0 Å². The first-order valence-corrected chi connectivity index (χ1v) is 10.8. The first kappa shape index (κ1) is 23.4. The Kier molecular flexibility index (Phi) is 6.63. The number of rotatable bonds is 7.